The summed E-state index contributed by atoms with van der Waals surface area (Å²) in [6, 6.07) is 11.2. The molecule has 2 rings (SSSR count). The summed E-state index contributed by atoms with van der Waals surface area (Å²) in [5, 5.41) is 13.5. The number of piperidine rings is 1. The Hall–Kier alpha value is -0.900. The van der Waals surface area contributed by atoms with E-state index in [0.29, 0.717) is 12.0 Å². The fourth-order valence-corrected chi connectivity index (χ4v) is 3.14. The molecule has 1 aliphatic heterocycles. The van der Waals surface area contributed by atoms with Gasteiger partial charge in [0.25, 0.3) is 0 Å². The van der Waals surface area contributed by atoms with Crippen LogP contribution < -0.4 is 5.32 Å². The van der Waals surface area contributed by atoms with Gasteiger partial charge in [-0.05, 0) is 37.3 Å². The first kappa shape index (κ1) is 16.5. The minimum absolute atomic E-state index is 0.213. The quantitative estimate of drug-likeness (QED) is 0.810. The Bertz CT molecular complexity index is 393. The van der Waals surface area contributed by atoms with Gasteiger partial charge in [0.2, 0.25) is 0 Å². The molecule has 21 heavy (non-hydrogen) atoms. The molecule has 2 atom stereocenters. The van der Waals surface area contributed by atoms with Gasteiger partial charge in [0.1, 0.15) is 0 Å². The fourth-order valence-electron chi connectivity index (χ4n) is 3.14. The monoisotopic (exact) mass is 290 g/mol. The van der Waals surface area contributed by atoms with Crippen molar-refractivity contribution in [3.8, 4) is 0 Å². The second-order valence-electron chi connectivity index (χ2n) is 6.75. The van der Waals surface area contributed by atoms with Crippen LogP contribution in [0.2, 0.25) is 0 Å². The Morgan fingerprint density at radius 3 is 2.76 bits per heavy atom. The summed E-state index contributed by atoms with van der Waals surface area (Å²) >= 11 is 0. The zero-order chi connectivity index (χ0) is 15.1. The summed E-state index contributed by atoms with van der Waals surface area (Å²) in [6.45, 7) is 8.34. The third-order valence-electron chi connectivity index (χ3n) is 4.14. The lowest BCUT2D eigenvalue weighted by Gasteiger charge is -2.33. The lowest BCUT2D eigenvalue weighted by Crippen LogP contribution is -2.47. The van der Waals surface area contributed by atoms with Gasteiger partial charge in [-0.25, -0.2) is 0 Å². The zero-order valence-corrected chi connectivity index (χ0v) is 13.5. The van der Waals surface area contributed by atoms with E-state index in [-0.39, 0.29) is 6.10 Å². The fraction of sp³-hybridized carbons (Fsp3) is 0.667. The molecule has 3 heteroatoms. The third kappa shape index (κ3) is 6.16. The van der Waals surface area contributed by atoms with E-state index in [0.717, 1.165) is 26.1 Å². The lowest BCUT2D eigenvalue weighted by atomic mass is 10.0. The number of nitrogens with one attached hydrogen (secondary N) is 1. The SMILES string of the molecule is CC(C)CC(O)CNC1CCCN(Cc2ccccc2)C1. The minimum atomic E-state index is -0.213. The third-order valence-corrected chi connectivity index (χ3v) is 4.14. The first-order valence-corrected chi connectivity index (χ1v) is 8.31. The van der Waals surface area contributed by atoms with Gasteiger partial charge in [-0.2, -0.15) is 0 Å². The lowest BCUT2D eigenvalue weighted by molar-refractivity contribution is 0.127. The van der Waals surface area contributed by atoms with E-state index in [1.807, 2.05) is 0 Å². The zero-order valence-electron chi connectivity index (χ0n) is 13.5. The highest BCUT2D eigenvalue weighted by atomic mass is 16.3. The molecule has 0 aliphatic carbocycles. The average Bonchev–Trinajstić information content (AvgIpc) is 2.46. The van der Waals surface area contributed by atoms with Crippen LogP contribution in [0.3, 0.4) is 0 Å². The largest absolute Gasteiger partial charge is 0.392 e. The number of hydrogen-bond acceptors (Lipinski definition) is 3. The molecule has 118 valence electrons. The van der Waals surface area contributed by atoms with Crippen LogP contribution in [-0.4, -0.2) is 41.8 Å². The molecule has 0 radical (unpaired) electrons. The molecular weight excluding hydrogens is 260 g/mol. The van der Waals surface area contributed by atoms with E-state index in [9.17, 15) is 5.11 Å². The van der Waals surface area contributed by atoms with E-state index < -0.39 is 0 Å². The molecular formula is C18H30N2O. The average molecular weight is 290 g/mol. The smallest absolute Gasteiger partial charge is 0.0667 e. The standard InChI is InChI=1S/C18H30N2O/c1-15(2)11-18(21)12-19-17-9-6-10-20(14-17)13-16-7-4-3-5-8-16/h3-5,7-8,15,17-19,21H,6,9-14H2,1-2H3. The van der Waals surface area contributed by atoms with E-state index in [4.69, 9.17) is 0 Å². The molecule has 1 aromatic rings. The number of benzene rings is 1. The molecule has 1 aliphatic rings. The summed E-state index contributed by atoms with van der Waals surface area (Å²) in [4.78, 5) is 2.52. The first-order valence-electron chi connectivity index (χ1n) is 8.31. The maximum Gasteiger partial charge on any atom is 0.0667 e. The maximum absolute atomic E-state index is 9.98. The highest BCUT2D eigenvalue weighted by molar-refractivity contribution is 5.14. The summed E-state index contributed by atoms with van der Waals surface area (Å²) in [7, 11) is 0. The summed E-state index contributed by atoms with van der Waals surface area (Å²) in [6.07, 6.45) is 3.13. The second-order valence-corrected chi connectivity index (χ2v) is 6.75. The molecule has 0 amide bonds. The maximum atomic E-state index is 9.98. The summed E-state index contributed by atoms with van der Waals surface area (Å²) in [5.74, 6) is 0.558. The number of likely N-dealkylation sites (tertiary alicyclic amines) is 1. The first-order chi connectivity index (χ1) is 10.1. The molecule has 0 saturated carbocycles. The van der Waals surface area contributed by atoms with Gasteiger partial charge < -0.3 is 10.4 Å². The van der Waals surface area contributed by atoms with Crippen LogP contribution >= 0.6 is 0 Å². The van der Waals surface area contributed by atoms with Crippen molar-refractivity contribution in [2.24, 2.45) is 5.92 Å². The molecule has 2 N–H and O–H groups in total. The molecule has 3 nitrogen and oxygen atoms in total. The van der Waals surface area contributed by atoms with Crippen LogP contribution in [0.1, 0.15) is 38.7 Å². The normalized spacial score (nSPS) is 21.6. The van der Waals surface area contributed by atoms with Crippen LogP contribution in [0.25, 0.3) is 0 Å². The highest BCUT2D eigenvalue weighted by Crippen LogP contribution is 2.14. The van der Waals surface area contributed by atoms with Gasteiger partial charge >= 0.3 is 0 Å². The van der Waals surface area contributed by atoms with Crippen LogP contribution in [0, 0.1) is 5.92 Å². The van der Waals surface area contributed by atoms with Crippen molar-refractivity contribution in [2.45, 2.75) is 51.8 Å². The van der Waals surface area contributed by atoms with Gasteiger partial charge in [0, 0.05) is 25.7 Å². The predicted octanol–water partition coefficient (Wildman–Crippen LogP) is 2.65. The molecule has 1 aromatic carbocycles. The Labute approximate surface area is 129 Å². The Balaban J connectivity index is 1.73. The van der Waals surface area contributed by atoms with Gasteiger partial charge in [0.15, 0.2) is 0 Å². The van der Waals surface area contributed by atoms with Gasteiger partial charge in [-0.3, -0.25) is 4.90 Å². The topological polar surface area (TPSA) is 35.5 Å². The van der Waals surface area contributed by atoms with E-state index in [1.165, 1.54) is 24.9 Å². The van der Waals surface area contributed by atoms with Gasteiger partial charge in [-0.15, -0.1) is 0 Å². The molecule has 0 bridgehead atoms. The van der Waals surface area contributed by atoms with E-state index >= 15 is 0 Å². The molecule has 0 spiro atoms. The molecule has 2 unspecified atom stereocenters. The van der Waals surface area contributed by atoms with Crippen molar-refractivity contribution in [3.05, 3.63) is 35.9 Å². The van der Waals surface area contributed by atoms with Gasteiger partial charge in [0.05, 0.1) is 6.10 Å². The van der Waals surface area contributed by atoms with E-state index in [2.05, 4.69) is 54.4 Å². The van der Waals surface area contributed by atoms with Crippen molar-refractivity contribution < 1.29 is 5.11 Å². The number of nitrogens with zero attached hydrogens (tertiary/aromatic N) is 1. The van der Waals surface area contributed by atoms with Crippen LogP contribution in [0.5, 0.6) is 0 Å². The number of aliphatic hydroxyl groups excluding tert-OH is 1. The van der Waals surface area contributed by atoms with Crippen LogP contribution in [-0.2, 0) is 6.54 Å². The van der Waals surface area contributed by atoms with Gasteiger partial charge in [-0.1, -0.05) is 44.2 Å². The van der Waals surface area contributed by atoms with Crippen molar-refractivity contribution in [1.29, 1.82) is 0 Å². The Morgan fingerprint density at radius 1 is 1.29 bits per heavy atom. The highest BCUT2D eigenvalue weighted by Gasteiger charge is 2.20. The predicted molar refractivity (Wildman–Crippen MR) is 88.2 cm³/mol. The number of aliphatic hydroxyl groups is 1. The minimum Gasteiger partial charge on any atom is -0.392 e. The molecule has 1 fully saturated rings. The number of rotatable bonds is 7. The van der Waals surface area contributed by atoms with Crippen molar-refractivity contribution in [2.75, 3.05) is 19.6 Å². The number of hydrogen-bond donors (Lipinski definition) is 2. The van der Waals surface area contributed by atoms with Crippen LogP contribution in [0.4, 0.5) is 0 Å². The van der Waals surface area contributed by atoms with Crippen LogP contribution in [0.15, 0.2) is 30.3 Å². The molecule has 1 heterocycles. The second kappa shape index (κ2) is 8.52. The molecule has 1 saturated heterocycles. The summed E-state index contributed by atoms with van der Waals surface area (Å²) in [5.41, 5.74) is 1.39. The van der Waals surface area contributed by atoms with Crippen molar-refractivity contribution in [1.82, 2.24) is 10.2 Å². The van der Waals surface area contributed by atoms with E-state index in [1.54, 1.807) is 0 Å². The van der Waals surface area contributed by atoms with Crippen molar-refractivity contribution >= 4 is 0 Å². The molecule has 0 aromatic heterocycles. The Morgan fingerprint density at radius 2 is 2.05 bits per heavy atom. The Kier molecular flexibility index (Phi) is 6.68. The summed E-state index contributed by atoms with van der Waals surface area (Å²) < 4.78 is 0. The van der Waals surface area contributed by atoms with Crippen molar-refractivity contribution in [3.63, 3.8) is 0 Å².